The summed E-state index contributed by atoms with van der Waals surface area (Å²) in [6.07, 6.45) is 5.53. The van der Waals surface area contributed by atoms with Crippen molar-refractivity contribution in [3.63, 3.8) is 0 Å². The number of pyridine rings is 1. The summed E-state index contributed by atoms with van der Waals surface area (Å²) in [5, 5.41) is 1.89. The summed E-state index contributed by atoms with van der Waals surface area (Å²) in [5.41, 5.74) is 1.33. The Labute approximate surface area is 108 Å². The van der Waals surface area contributed by atoms with E-state index in [4.69, 9.17) is 0 Å². The first-order valence-corrected chi connectivity index (χ1v) is 6.77. The molecule has 0 radical (unpaired) electrons. The van der Waals surface area contributed by atoms with Gasteiger partial charge in [0.15, 0.2) is 0 Å². The zero-order valence-corrected chi connectivity index (χ0v) is 11.3. The fourth-order valence-electron chi connectivity index (χ4n) is 2.45. The van der Waals surface area contributed by atoms with Gasteiger partial charge in [0, 0.05) is 22.1 Å². The van der Waals surface area contributed by atoms with Gasteiger partial charge in [0.2, 0.25) is 0 Å². The lowest BCUT2D eigenvalue weighted by Gasteiger charge is -2.28. The highest BCUT2D eigenvalue weighted by Gasteiger charge is 2.21. The summed E-state index contributed by atoms with van der Waals surface area (Å²) in [5.74, 6) is 0. The van der Waals surface area contributed by atoms with Gasteiger partial charge in [-0.15, -0.1) is 0 Å². The van der Waals surface area contributed by atoms with Crippen molar-refractivity contribution < 1.29 is 0 Å². The van der Waals surface area contributed by atoms with E-state index in [0.29, 0.717) is 6.04 Å². The summed E-state index contributed by atoms with van der Waals surface area (Å²) in [4.78, 5) is 12.4. The quantitative estimate of drug-likeness (QED) is 0.783. The molecular formula is C14H14BrNO. The van der Waals surface area contributed by atoms with Crippen LogP contribution in [0.15, 0.2) is 33.7 Å². The molecule has 2 nitrogen and oxygen atoms in total. The fraction of sp³-hybridized carbons (Fsp3) is 0.357. The number of hydrogen-bond acceptors (Lipinski definition) is 1. The normalized spacial score (nSPS) is 16.1. The second-order valence-electron chi connectivity index (χ2n) is 4.80. The third kappa shape index (κ3) is 1.73. The van der Waals surface area contributed by atoms with E-state index in [2.05, 4.69) is 22.9 Å². The Bertz CT molecular complexity index is 640. The van der Waals surface area contributed by atoms with Gasteiger partial charge in [-0.3, -0.25) is 4.79 Å². The van der Waals surface area contributed by atoms with Crippen LogP contribution in [-0.4, -0.2) is 4.57 Å². The first kappa shape index (κ1) is 11.0. The molecule has 3 rings (SSSR count). The van der Waals surface area contributed by atoms with Gasteiger partial charge in [-0.1, -0.05) is 22.0 Å². The Hall–Kier alpha value is -1.09. The van der Waals surface area contributed by atoms with Crippen LogP contribution in [0, 0.1) is 6.92 Å². The standard InChI is InChI=1S/C14H14BrNO/c1-9-8-16(11-3-2-4-11)14(17)13-7-10(15)5-6-12(9)13/h5-8,11H,2-4H2,1H3. The van der Waals surface area contributed by atoms with Crippen LogP contribution in [0.25, 0.3) is 10.8 Å². The third-order valence-electron chi connectivity index (χ3n) is 3.67. The minimum atomic E-state index is 0.150. The average Bonchev–Trinajstić information content (AvgIpc) is 2.23. The molecule has 17 heavy (non-hydrogen) atoms. The van der Waals surface area contributed by atoms with Crippen molar-refractivity contribution in [2.24, 2.45) is 0 Å². The SMILES string of the molecule is Cc1cn(C2CCC2)c(=O)c2cc(Br)ccc12. The van der Waals surface area contributed by atoms with E-state index in [1.54, 1.807) is 0 Å². The smallest absolute Gasteiger partial charge is 0.258 e. The van der Waals surface area contributed by atoms with Crippen molar-refractivity contribution in [2.75, 3.05) is 0 Å². The number of halogens is 1. The van der Waals surface area contributed by atoms with E-state index in [0.717, 1.165) is 28.1 Å². The molecule has 1 aliphatic carbocycles. The molecule has 3 heteroatoms. The summed E-state index contributed by atoms with van der Waals surface area (Å²) in [6.45, 7) is 2.07. The predicted molar refractivity (Wildman–Crippen MR) is 73.5 cm³/mol. The molecule has 1 heterocycles. The monoisotopic (exact) mass is 291 g/mol. The van der Waals surface area contributed by atoms with Crippen LogP contribution in [0.5, 0.6) is 0 Å². The maximum atomic E-state index is 12.4. The summed E-state index contributed by atoms with van der Waals surface area (Å²) < 4.78 is 2.89. The Kier molecular flexibility index (Phi) is 2.58. The molecule has 1 aromatic heterocycles. The number of fused-ring (bicyclic) bond motifs is 1. The minimum absolute atomic E-state index is 0.150. The summed E-state index contributed by atoms with van der Waals surface area (Å²) in [6, 6.07) is 6.35. The van der Waals surface area contributed by atoms with E-state index in [9.17, 15) is 4.79 Å². The van der Waals surface area contributed by atoms with Crippen molar-refractivity contribution >= 4 is 26.7 Å². The molecule has 1 aromatic carbocycles. The van der Waals surface area contributed by atoms with E-state index in [1.807, 2.05) is 29.0 Å². The van der Waals surface area contributed by atoms with Crippen LogP contribution in [-0.2, 0) is 0 Å². The predicted octanol–water partition coefficient (Wildman–Crippen LogP) is 3.80. The van der Waals surface area contributed by atoms with Gasteiger partial charge >= 0.3 is 0 Å². The van der Waals surface area contributed by atoms with Gasteiger partial charge in [-0.2, -0.15) is 0 Å². The molecule has 0 atom stereocenters. The fourth-order valence-corrected chi connectivity index (χ4v) is 2.81. The zero-order chi connectivity index (χ0) is 12.0. The number of benzene rings is 1. The molecule has 0 aliphatic heterocycles. The minimum Gasteiger partial charge on any atom is -0.312 e. The molecule has 88 valence electrons. The molecule has 1 saturated carbocycles. The van der Waals surface area contributed by atoms with E-state index in [-0.39, 0.29) is 5.56 Å². The number of rotatable bonds is 1. The lowest BCUT2D eigenvalue weighted by Crippen LogP contribution is -2.29. The molecule has 0 N–H and O–H groups in total. The highest BCUT2D eigenvalue weighted by Crippen LogP contribution is 2.31. The average molecular weight is 292 g/mol. The summed E-state index contributed by atoms with van der Waals surface area (Å²) >= 11 is 3.44. The number of aryl methyl sites for hydroxylation is 1. The molecule has 0 saturated heterocycles. The first-order valence-electron chi connectivity index (χ1n) is 5.98. The van der Waals surface area contributed by atoms with Crippen molar-refractivity contribution in [3.8, 4) is 0 Å². The van der Waals surface area contributed by atoms with Gasteiger partial charge < -0.3 is 4.57 Å². The topological polar surface area (TPSA) is 22.0 Å². The highest BCUT2D eigenvalue weighted by molar-refractivity contribution is 9.10. The second-order valence-corrected chi connectivity index (χ2v) is 5.71. The molecule has 0 spiro atoms. The Morgan fingerprint density at radius 1 is 1.29 bits per heavy atom. The molecule has 1 aliphatic rings. The van der Waals surface area contributed by atoms with Gasteiger partial charge in [-0.05, 0) is 49.3 Å². The van der Waals surface area contributed by atoms with Crippen LogP contribution in [0.4, 0.5) is 0 Å². The largest absolute Gasteiger partial charge is 0.312 e. The lowest BCUT2D eigenvalue weighted by molar-refractivity contribution is 0.307. The van der Waals surface area contributed by atoms with Crippen molar-refractivity contribution in [2.45, 2.75) is 32.2 Å². The van der Waals surface area contributed by atoms with Crippen LogP contribution < -0.4 is 5.56 Å². The molecular weight excluding hydrogens is 278 g/mol. The summed E-state index contributed by atoms with van der Waals surface area (Å²) in [7, 11) is 0. The zero-order valence-electron chi connectivity index (χ0n) is 9.74. The number of hydrogen-bond donors (Lipinski definition) is 0. The first-order chi connectivity index (χ1) is 8.16. The number of nitrogens with zero attached hydrogens (tertiary/aromatic N) is 1. The molecule has 0 bridgehead atoms. The van der Waals surface area contributed by atoms with E-state index < -0.39 is 0 Å². The maximum absolute atomic E-state index is 12.4. The Morgan fingerprint density at radius 3 is 2.71 bits per heavy atom. The van der Waals surface area contributed by atoms with Crippen molar-refractivity contribution in [1.82, 2.24) is 4.57 Å². The van der Waals surface area contributed by atoms with Gasteiger partial charge in [0.25, 0.3) is 5.56 Å². The van der Waals surface area contributed by atoms with Crippen LogP contribution in [0.3, 0.4) is 0 Å². The van der Waals surface area contributed by atoms with Gasteiger partial charge in [0.05, 0.1) is 0 Å². The van der Waals surface area contributed by atoms with E-state index >= 15 is 0 Å². The molecule has 1 fully saturated rings. The van der Waals surface area contributed by atoms with Crippen LogP contribution >= 0.6 is 15.9 Å². The maximum Gasteiger partial charge on any atom is 0.258 e. The third-order valence-corrected chi connectivity index (χ3v) is 4.17. The van der Waals surface area contributed by atoms with Crippen LogP contribution in [0.2, 0.25) is 0 Å². The number of aromatic nitrogens is 1. The van der Waals surface area contributed by atoms with Gasteiger partial charge in [-0.25, -0.2) is 0 Å². The van der Waals surface area contributed by atoms with Crippen molar-refractivity contribution in [3.05, 3.63) is 44.8 Å². The highest BCUT2D eigenvalue weighted by atomic mass is 79.9. The van der Waals surface area contributed by atoms with Crippen LogP contribution in [0.1, 0.15) is 30.9 Å². The Morgan fingerprint density at radius 2 is 2.06 bits per heavy atom. The Balaban J connectivity index is 2.32. The molecule has 2 aromatic rings. The van der Waals surface area contributed by atoms with E-state index in [1.165, 1.54) is 12.0 Å². The molecule has 0 unspecified atom stereocenters. The second kappa shape index (κ2) is 3.98. The lowest BCUT2D eigenvalue weighted by atomic mass is 9.92. The van der Waals surface area contributed by atoms with Crippen molar-refractivity contribution in [1.29, 1.82) is 0 Å². The molecule has 0 amide bonds. The van der Waals surface area contributed by atoms with Gasteiger partial charge in [0.1, 0.15) is 0 Å².